The molecule has 0 unspecified atom stereocenters. The molecule has 4 nitrogen and oxygen atoms in total. The molecule has 1 fully saturated rings. The van der Waals surface area contributed by atoms with E-state index in [1.54, 1.807) is 4.90 Å². The SMILES string of the molecule is N[C@@H]1CN(c2nc3cc(F)c(F)cc3n2Cc2ccccc2C(F)(F)F)CC[C@H]1F. The van der Waals surface area contributed by atoms with Crippen LogP contribution in [0.3, 0.4) is 0 Å². The molecule has 0 saturated carbocycles. The van der Waals surface area contributed by atoms with Gasteiger partial charge in [0.15, 0.2) is 11.6 Å². The van der Waals surface area contributed by atoms with Gasteiger partial charge in [0.25, 0.3) is 0 Å². The van der Waals surface area contributed by atoms with Crippen LogP contribution in [0.2, 0.25) is 0 Å². The average Bonchev–Trinajstić information content (AvgIpc) is 3.01. The molecule has 2 atom stereocenters. The zero-order valence-corrected chi connectivity index (χ0v) is 15.6. The minimum absolute atomic E-state index is 0.0556. The number of halogens is 6. The predicted molar refractivity (Wildman–Crippen MR) is 99.9 cm³/mol. The summed E-state index contributed by atoms with van der Waals surface area (Å²) in [5, 5.41) is 0. The molecule has 1 aromatic heterocycles. The van der Waals surface area contributed by atoms with Crippen LogP contribution < -0.4 is 10.6 Å². The molecule has 2 N–H and O–H groups in total. The number of fused-ring (bicyclic) bond motifs is 1. The number of rotatable bonds is 3. The van der Waals surface area contributed by atoms with E-state index in [-0.39, 0.29) is 48.6 Å². The zero-order valence-electron chi connectivity index (χ0n) is 15.6. The second kappa shape index (κ2) is 7.50. The highest BCUT2D eigenvalue weighted by Gasteiger charge is 2.34. The summed E-state index contributed by atoms with van der Waals surface area (Å²) in [6.07, 6.45) is -5.68. The highest BCUT2D eigenvalue weighted by Crippen LogP contribution is 2.34. The third kappa shape index (κ3) is 3.71. The first-order valence-corrected chi connectivity index (χ1v) is 9.30. The van der Waals surface area contributed by atoms with Gasteiger partial charge in [0.2, 0.25) is 5.95 Å². The number of benzene rings is 2. The summed E-state index contributed by atoms with van der Waals surface area (Å²) in [5.74, 6) is -2.07. The van der Waals surface area contributed by atoms with Gasteiger partial charge in [-0.2, -0.15) is 13.2 Å². The van der Waals surface area contributed by atoms with Crippen molar-refractivity contribution in [2.45, 2.75) is 31.4 Å². The van der Waals surface area contributed by atoms with E-state index in [1.165, 1.54) is 22.8 Å². The molecule has 2 heterocycles. The van der Waals surface area contributed by atoms with Crippen LogP contribution in [0.25, 0.3) is 11.0 Å². The molecule has 0 bridgehead atoms. The molecule has 1 saturated heterocycles. The zero-order chi connectivity index (χ0) is 21.6. The number of alkyl halides is 4. The Kier molecular flexibility index (Phi) is 5.13. The van der Waals surface area contributed by atoms with Crippen molar-refractivity contribution < 1.29 is 26.3 Å². The first-order chi connectivity index (χ1) is 14.1. The van der Waals surface area contributed by atoms with E-state index in [1.807, 2.05) is 0 Å². The first kappa shape index (κ1) is 20.5. The number of piperidine rings is 1. The number of imidazole rings is 1. The second-order valence-electron chi connectivity index (χ2n) is 7.32. The molecular formula is C20H18F6N4. The third-order valence-corrected chi connectivity index (χ3v) is 5.27. The van der Waals surface area contributed by atoms with Gasteiger partial charge in [0.05, 0.1) is 29.2 Å². The summed E-state index contributed by atoms with van der Waals surface area (Å²) in [6.45, 7) is 0.0256. The van der Waals surface area contributed by atoms with E-state index in [0.717, 1.165) is 18.2 Å². The minimum atomic E-state index is -4.58. The Bertz CT molecular complexity index is 1080. The Labute approximate surface area is 167 Å². The Morgan fingerprint density at radius 1 is 1.10 bits per heavy atom. The summed E-state index contributed by atoms with van der Waals surface area (Å²) < 4.78 is 83.2. The van der Waals surface area contributed by atoms with Crippen LogP contribution in [0.15, 0.2) is 36.4 Å². The highest BCUT2D eigenvalue weighted by atomic mass is 19.4. The van der Waals surface area contributed by atoms with E-state index in [9.17, 15) is 26.3 Å². The number of hydrogen-bond donors (Lipinski definition) is 1. The van der Waals surface area contributed by atoms with Gasteiger partial charge in [-0.05, 0) is 18.1 Å². The maximum Gasteiger partial charge on any atom is 0.416 e. The molecule has 160 valence electrons. The molecular weight excluding hydrogens is 410 g/mol. The van der Waals surface area contributed by atoms with Crippen LogP contribution in [0, 0.1) is 11.6 Å². The second-order valence-corrected chi connectivity index (χ2v) is 7.32. The average molecular weight is 428 g/mol. The molecule has 10 heteroatoms. The van der Waals surface area contributed by atoms with Gasteiger partial charge in [0.1, 0.15) is 6.17 Å². The number of nitrogens with zero attached hydrogens (tertiary/aromatic N) is 3. The molecule has 0 spiro atoms. The molecule has 0 radical (unpaired) electrons. The highest BCUT2D eigenvalue weighted by molar-refractivity contribution is 5.79. The summed E-state index contributed by atoms with van der Waals surface area (Å²) in [5.41, 5.74) is 5.14. The molecule has 0 amide bonds. The molecule has 1 aliphatic heterocycles. The molecule has 30 heavy (non-hydrogen) atoms. The normalized spacial score (nSPS) is 20.2. The van der Waals surface area contributed by atoms with Gasteiger partial charge < -0.3 is 15.2 Å². The van der Waals surface area contributed by atoms with Gasteiger partial charge in [-0.1, -0.05) is 18.2 Å². The van der Waals surface area contributed by atoms with Crippen LogP contribution in [-0.4, -0.2) is 34.9 Å². The van der Waals surface area contributed by atoms with E-state index in [4.69, 9.17) is 5.73 Å². The van der Waals surface area contributed by atoms with Crippen molar-refractivity contribution in [2.24, 2.45) is 5.73 Å². The number of anilines is 1. The fourth-order valence-electron chi connectivity index (χ4n) is 3.74. The van der Waals surface area contributed by atoms with Crippen molar-refractivity contribution in [3.05, 3.63) is 59.2 Å². The van der Waals surface area contributed by atoms with Crippen molar-refractivity contribution in [3.8, 4) is 0 Å². The summed E-state index contributed by atoms with van der Waals surface area (Å²) >= 11 is 0. The Hall–Kier alpha value is -2.75. The quantitative estimate of drug-likeness (QED) is 0.635. The standard InChI is InChI=1S/C20H18F6N4/c21-13-5-6-29(10-16(13)27)19-28-17-7-14(22)15(23)8-18(17)30(19)9-11-3-1-2-4-12(11)20(24,25)26/h1-4,7-8,13,16H,5-6,9-10,27H2/t13-,16-/m1/s1. The minimum Gasteiger partial charge on any atom is -0.340 e. The molecule has 2 aromatic carbocycles. The van der Waals surface area contributed by atoms with Crippen LogP contribution in [-0.2, 0) is 12.7 Å². The van der Waals surface area contributed by atoms with Crippen LogP contribution in [0.5, 0.6) is 0 Å². The van der Waals surface area contributed by atoms with E-state index < -0.39 is 35.6 Å². The fraction of sp³-hybridized carbons (Fsp3) is 0.350. The Morgan fingerprint density at radius 3 is 2.50 bits per heavy atom. The van der Waals surface area contributed by atoms with Gasteiger partial charge in [0, 0.05) is 25.2 Å². The molecule has 0 aliphatic carbocycles. The summed E-state index contributed by atoms with van der Waals surface area (Å²) in [7, 11) is 0. The molecule has 1 aliphatic rings. The largest absolute Gasteiger partial charge is 0.416 e. The van der Waals surface area contributed by atoms with Crippen LogP contribution in [0.4, 0.5) is 32.3 Å². The summed E-state index contributed by atoms with van der Waals surface area (Å²) in [4.78, 5) is 5.94. The molecule has 3 aromatic rings. The smallest absolute Gasteiger partial charge is 0.340 e. The van der Waals surface area contributed by atoms with Gasteiger partial charge in [-0.3, -0.25) is 0 Å². The first-order valence-electron chi connectivity index (χ1n) is 9.30. The maximum atomic E-state index is 13.9. The van der Waals surface area contributed by atoms with E-state index in [2.05, 4.69) is 4.98 Å². The van der Waals surface area contributed by atoms with Crippen molar-refractivity contribution in [2.75, 3.05) is 18.0 Å². The van der Waals surface area contributed by atoms with Crippen LogP contribution >= 0.6 is 0 Å². The van der Waals surface area contributed by atoms with Crippen LogP contribution in [0.1, 0.15) is 17.5 Å². The summed E-state index contributed by atoms with van der Waals surface area (Å²) in [6, 6.07) is 6.01. The molecule has 4 rings (SSSR count). The topological polar surface area (TPSA) is 47.1 Å². The Balaban J connectivity index is 1.85. The lowest BCUT2D eigenvalue weighted by Gasteiger charge is -2.34. The van der Waals surface area contributed by atoms with Crippen molar-refractivity contribution in [1.82, 2.24) is 9.55 Å². The lowest BCUT2D eigenvalue weighted by Crippen LogP contribution is -2.50. The van der Waals surface area contributed by atoms with Gasteiger partial charge in [-0.15, -0.1) is 0 Å². The number of hydrogen-bond acceptors (Lipinski definition) is 3. The Morgan fingerprint density at radius 2 is 1.80 bits per heavy atom. The van der Waals surface area contributed by atoms with Crippen molar-refractivity contribution in [3.63, 3.8) is 0 Å². The van der Waals surface area contributed by atoms with Crippen molar-refractivity contribution >= 4 is 17.0 Å². The third-order valence-electron chi connectivity index (χ3n) is 5.27. The van der Waals surface area contributed by atoms with E-state index >= 15 is 0 Å². The van der Waals surface area contributed by atoms with Gasteiger partial charge in [-0.25, -0.2) is 18.2 Å². The maximum absolute atomic E-state index is 13.9. The lowest BCUT2D eigenvalue weighted by atomic mass is 10.0. The fourth-order valence-corrected chi connectivity index (χ4v) is 3.74. The monoisotopic (exact) mass is 428 g/mol. The van der Waals surface area contributed by atoms with Gasteiger partial charge >= 0.3 is 6.18 Å². The lowest BCUT2D eigenvalue weighted by molar-refractivity contribution is -0.138. The number of aromatic nitrogens is 2. The van der Waals surface area contributed by atoms with Crippen molar-refractivity contribution in [1.29, 1.82) is 0 Å². The van der Waals surface area contributed by atoms with E-state index in [0.29, 0.717) is 0 Å². The predicted octanol–water partition coefficient (Wildman–Crippen LogP) is 4.26. The number of nitrogens with two attached hydrogens (primary N) is 1.